The van der Waals surface area contributed by atoms with Gasteiger partial charge in [-0.05, 0) is 105 Å². The maximum absolute atomic E-state index is 12.7. The van der Waals surface area contributed by atoms with Crippen LogP contribution in [0.1, 0.15) is 0 Å². The van der Waals surface area contributed by atoms with Crippen LogP contribution in [0.4, 0.5) is 45.5 Å². The summed E-state index contributed by atoms with van der Waals surface area (Å²) >= 11 is 0. The molecule has 10 aromatic rings. The third-order valence-electron chi connectivity index (χ3n) is 11.9. The zero-order valence-electron chi connectivity index (χ0n) is 38.5. The fourth-order valence-electron chi connectivity index (χ4n) is 8.21. The summed E-state index contributed by atoms with van der Waals surface area (Å²) in [5.41, 5.74) is 0.292. The van der Waals surface area contributed by atoms with Crippen LogP contribution >= 0.6 is 0 Å². The van der Waals surface area contributed by atoms with Gasteiger partial charge in [-0.15, -0.1) is 25.6 Å². The summed E-state index contributed by atoms with van der Waals surface area (Å²) < 4.78 is 105. The topological polar surface area (TPSA) is 343 Å². The number of benzene rings is 10. The molecule has 0 bridgehead atoms. The first-order valence-corrected chi connectivity index (χ1v) is 26.4. The van der Waals surface area contributed by atoms with Gasteiger partial charge in [-0.25, -0.2) is 0 Å². The fraction of sp³-hybridized carbons (Fsp3) is 0. The van der Waals surface area contributed by atoms with E-state index in [0.717, 1.165) is 29.7 Å². The van der Waals surface area contributed by atoms with E-state index in [0.29, 0.717) is 27.3 Å². The highest BCUT2D eigenvalue weighted by Crippen LogP contribution is 2.48. The van der Waals surface area contributed by atoms with Crippen molar-refractivity contribution in [3.63, 3.8) is 0 Å². The minimum Gasteiger partial charge on any atom is -0.506 e. The van der Waals surface area contributed by atoms with Crippen molar-refractivity contribution < 1.29 is 59.3 Å². The molecule has 7 N–H and O–H groups in total. The predicted molar refractivity (Wildman–Crippen MR) is 280 cm³/mol. The van der Waals surface area contributed by atoms with Crippen LogP contribution in [0.25, 0.3) is 54.2 Å². The molecular weight excluding hydrogens is 1040 g/mol. The molecule has 0 radical (unpaired) electrons. The number of phenols is 4. The lowest BCUT2D eigenvalue weighted by molar-refractivity contribution is 0.471. The van der Waals surface area contributed by atoms with Crippen LogP contribution in [0, 0.1) is 0 Å². The van der Waals surface area contributed by atoms with Gasteiger partial charge in [0, 0.05) is 16.2 Å². The highest BCUT2D eigenvalue weighted by atomic mass is 32.2. The van der Waals surface area contributed by atoms with Crippen molar-refractivity contribution in [3.8, 4) is 34.1 Å². The molecule has 10 aromatic carbocycles. The summed E-state index contributed by atoms with van der Waals surface area (Å²) in [4.78, 5) is -2.46. The lowest BCUT2D eigenvalue weighted by Gasteiger charge is -2.12. The summed E-state index contributed by atoms with van der Waals surface area (Å²) in [6.07, 6.45) is 0. The maximum Gasteiger partial charge on any atom is 0.296 e. The Hall–Kier alpha value is -9.43. The molecule has 0 aromatic heterocycles. The Morgan fingerprint density at radius 1 is 0.329 bits per heavy atom. The van der Waals surface area contributed by atoms with Crippen LogP contribution in [-0.2, 0) is 30.4 Å². The van der Waals surface area contributed by atoms with Crippen molar-refractivity contribution in [1.82, 2.24) is 0 Å². The van der Waals surface area contributed by atoms with E-state index in [1.165, 1.54) is 54.6 Å². The normalized spacial score (nSPS) is 12.7. The molecule has 0 spiro atoms. The first-order valence-electron chi connectivity index (χ1n) is 22.1. The number of hydrogen-bond donors (Lipinski definition) is 7. The molecule has 0 saturated heterocycles. The van der Waals surface area contributed by atoms with Gasteiger partial charge in [-0.2, -0.15) is 40.6 Å². The molecular formula is C52H34N8O13S3. The molecule has 0 aliphatic carbocycles. The third-order valence-corrected chi connectivity index (χ3v) is 14.4. The molecule has 0 unspecified atom stereocenters. The molecule has 24 heteroatoms. The van der Waals surface area contributed by atoms with Crippen molar-refractivity contribution >= 4 is 119 Å². The Kier molecular flexibility index (Phi) is 12.8. The van der Waals surface area contributed by atoms with E-state index in [4.69, 9.17) is 0 Å². The van der Waals surface area contributed by atoms with Crippen molar-refractivity contribution in [2.45, 2.75) is 14.7 Å². The van der Waals surface area contributed by atoms with E-state index in [2.05, 4.69) is 40.9 Å². The minimum absolute atomic E-state index is 0.0319. The number of rotatable bonds is 12. The summed E-state index contributed by atoms with van der Waals surface area (Å²) in [5.74, 6) is -1.95. The van der Waals surface area contributed by atoms with E-state index < -0.39 is 73.6 Å². The second kappa shape index (κ2) is 19.4. The Bertz CT molecular complexity index is 4540. The van der Waals surface area contributed by atoms with Crippen LogP contribution in [-0.4, -0.2) is 59.3 Å². The molecule has 21 nitrogen and oxygen atoms in total. The van der Waals surface area contributed by atoms with Gasteiger partial charge in [0.05, 0.1) is 33.0 Å². The number of nitrogens with zero attached hydrogens (tertiary/aromatic N) is 8. The number of hydrogen-bond acceptors (Lipinski definition) is 18. The van der Waals surface area contributed by atoms with Gasteiger partial charge < -0.3 is 20.4 Å². The smallest absolute Gasteiger partial charge is 0.296 e. The second-order valence-electron chi connectivity index (χ2n) is 16.7. The molecule has 76 heavy (non-hydrogen) atoms. The Balaban J connectivity index is 0.928. The first kappa shape index (κ1) is 50.1. The van der Waals surface area contributed by atoms with Gasteiger partial charge in [0.15, 0.2) is 11.5 Å². The van der Waals surface area contributed by atoms with Gasteiger partial charge in [-0.3, -0.25) is 13.7 Å². The molecule has 0 saturated carbocycles. The van der Waals surface area contributed by atoms with Crippen molar-refractivity contribution in [2.24, 2.45) is 40.9 Å². The molecule has 0 atom stereocenters. The van der Waals surface area contributed by atoms with Gasteiger partial charge >= 0.3 is 0 Å². The van der Waals surface area contributed by atoms with Crippen molar-refractivity contribution in [3.05, 3.63) is 164 Å². The zero-order valence-corrected chi connectivity index (χ0v) is 40.9. The largest absolute Gasteiger partial charge is 0.506 e. The van der Waals surface area contributed by atoms with Crippen LogP contribution in [0.3, 0.4) is 0 Å². The second-order valence-corrected chi connectivity index (χ2v) is 20.9. The van der Waals surface area contributed by atoms with Gasteiger partial charge in [0.1, 0.15) is 44.0 Å². The highest BCUT2D eigenvalue weighted by Gasteiger charge is 2.26. The molecule has 0 aliphatic rings. The zero-order chi connectivity index (χ0) is 53.7. The first-order chi connectivity index (χ1) is 36.2. The molecule has 0 fully saturated rings. The summed E-state index contributed by atoms with van der Waals surface area (Å²) in [6, 6.07) is 40.9. The summed E-state index contributed by atoms with van der Waals surface area (Å²) in [7, 11) is -15.1. The average molecular weight is 1080 g/mol. The highest BCUT2D eigenvalue weighted by molar-refractivity contribution is 7.86. The van der Waals surface area contributed by atoms with Crippen LogP contribution in [0.15, 0.2) is 219 Å². The fourth-order valence-corrected chi connectivity index (χ4v) is 10.1. The van der Waals surface area contributed by atoms with E-state index in [1.807, 2.05) is 12.1 Å². The Labute approximate surface area is 429 Å². The number of fused-ring (bicyclic) bond motifs is 4. The standard InChI is InChI=1S/C52H34N8O13S3/c61-42-21-14-30-5-1-3-7-38(30)47(42)57-55-36-20-13-32-24-44(75(68,69)70)49(51(63)40(32)26-36)59-53-34-16-9-28(10-17-34)29-11-18-35(19-12-29)54-60-50-45(76(71,72)73)25-33-23-37(74(65,66)67)27-41(46(33)52(50)64)56-58-48-39-8-4-2-6-31(39)15-22-43(48)62/h1-27,61-64H,(H,65,66,67)(H,68,69,70)(H,71,72,73). The van der Waals surface area contributed by atoms with Crippen LogP contribution in [0.2, 0.25) is 0 Å². The van der Waals surface area contributed by atoms with Crippen LogP contribution in [0.5, 0.6) is 23.0 Å². The van der Waals surface area contributed by atoms with Gasteiger partial charge in [0.25, 0.3) is 30.4 Å². The van der Waals surface area contributed by atoms with E-state index >= 15 is 0 Å². The van der Waals surface area contributed by atoms with Crippen LogP contribution < -0.4 is 0 Å². The monoisotopic (exact) mass is 1070 g/mol. The Morgan fingerprint density at radius 2 is 0.763 bits per heavy atom. The average Bonchev–Trinajstić information content (AvgIpc) is 3.39. The molecule has 0 aliphatic heterocycles. The summed E-state index contributed by atoms with van der Waals surface area (Å²) in [5, 5.41) is 79.3. The molecule has 378 valence electrons. The van der Waals surface area contributed by atoms with Gasteiger partial charge in [0.2, 0.25) is 0 Å². The van der Waals surface area contributed by atoms with Gasteiger partial charge in [-0.1, -0.05) is 91.0 Å². The minimum atomic E-state index is -5.19. The number of phenolic OH excluding ortho intramolecular Hbond substituents is 4. The number of aromatic hydroxyl groups is 4. The molecule has 10 rings (SSSR count). The summed E-state index contributed by atoms with van der Waals surface area (Å²) in [6.45, 7) is 0. The third kappa shape index (κ3) is 10.00. The lowest BCUT2D eigenvalue weighted by Crippen LogP contribution is -2.01. The van der Waals surface area contributed by atoms with E-state index in [-0.39, 0.29) is 61.5 Å². The maximum atomic E-state index is 12.7. The van der Waals surface area contributed by atoms with E-state index in [9.17, 15) is 59.3 Å². The quantitative estimate of drug-likeness (QED) is 0.0442. The molecule has 0 amide bonds. The van der Waals surface area contributed by atoms with E-state index in [1.54, 1.807) is 72.8 Å². The predicted octanol–water partition coefficient (Wildman–Crippen LogP) is 14.2. The molecule has 0 heterocycles. The lowest BCUT2D eigenvalue weighted by atomic mass is 10.1. The van der Waals surface area contributed by atoms with Crippen molar-refractivity contribution in [2.75, 3.05) is 0 Å². The Morgan fingerprint density at radius 3 is 1.28 bits per heavy atom. The SMILES string of the molecule is O=S(=O)(O)c1cc(N=Nc2c(O)ccc3ccccc23)c2c(O)c(N=Nc3ccc(-c4ccc(N=Nc5c(S(=O)(=O)O)cc6ccc(N=Nc7c(O)ccc8ccccc78)cc6c5O)cc4)cc3)c(S(=O)(=O)O)cc2c1. The number of azo groups is 4. The van der Waals surface area contributed by atoms with Crippen molar-refractivity contribution in [1.29, 1.82) is 0 Å².